The average molecular weight is 294 g/mol. The number of unbranched alkanes of at least 4 members (excludes halogenated alkanes) is 2. The van der Waals surface area contributed by atoms with E-state index in [-0.39, 0.29) is 5.91 Å². The molecule has 0 aliphatic rings. The van der Waals surface area contributed by atoms with Gasteiger partial charge in [0.05, 0.1) is 0 Å². The van der Waals surface area contributed by atoms with Crippen LogP contribution in [-0.2, 0) is 0 Å². The van der Waals surface area contributed by atoms with Crippen LogP contribution in [0.15, 0.2) is 24.3 Å². The van der Waals surface area contributed by atoms with Gasteiger partial charge in [0.2, 0.25) is 8.32 Å². The van der Waals surface area contributed by atoms with Crippen molar-refractivity contribution in [1.29, 1.82) is 0 Å². The largest absolute Gasteiger partial charge is 0.428 e. The van der Waals surface area contributed by atoms with Gasteiger partial charge in [0.15, 0.2) is 0 Å². The molecule has 1 aromatic rings. The first kappa shape index (κ1) is 16.9. The number of rotatable bonds is 8. The molecule has 1 amide bonds. The summed E-state index contributed by atoms with van der Waals surface area (Å²) in [7, 11) is -0.405. The molecule has 112 valence electrons. The standard InChI is InChI=1S/C15H26N2O2Si/c1-16-10-5-4-6-11-17-15(18)13-8-7-9-14(12-13)20(2,3)19/h7-9,12,16,19H,4-6,10-11H2,1-3H3,(H,17,18). The van der Waals surface area contributed by atoms with Crippen molar-refractivity contribution in [2.75, 3.05) is 20.1 Å². The van der Waals surface area contributed by atoms with Crippen LogP contribution in [0.3, 0.4) is 0 Å². The molecule has 0 aliphatic carbocycles. The molecule has 0 saturated carbocycles. The maximum Gasteiger partial charge on any atom is 0.251 e. The maximum absolute atomic E-state index is 12.0. The Morgan fingerprint density at radius 1 is 1.20 bits per heavy atom. The zero-order valence-electron chi connectivity index (χ0n) is 12.7. The highest BCUT2D eigenvalue weighted by Crippen LogP contribution is 2.03. The lowest BCUT2D eigenvalue weighted by Gasteiger charge is -2.15. The van der Waals surface area contributed by atoms with E-state index in [1.165, 1.54) is 0 Å². The lowest BCUT2D eigenvalue weighted by molar-refractivity contribution is 0.0953. The summed E-state index contributed by atoms with van der Waals surface area (Å²) >= 11 is 0. The van der Waals surface area contributed by atoms with Crippen LogP contribution >= 0.6 is 0 Å². The van der Waals surface area contributed by atoms with E-state index in [0.717, 1.165) is 31.0 Å². The summed E-state index contributed by atoms with van der Waals surface area (Å²) < 4.78 is 0. The number of hydrogen-bond acceptors (Lipinski definition) is 3. The number of nitrogens with one attached hydrogen (secondary N) is 2. The molecular weight excluding hydrogens is 268 g/mol. The van der Waals surface area contributed by atoms with Gasteiger partial charge in [0.1, 0.15) is 0 Å². The molecule has 1 rings (SSSR count). The lowest BCUT2D eigenvalue weighted by atomic mass is 10.2. The van der Waals surface area contributed by atoms with Crippen molar-refractivity contribution in [3.63, 3.8) is 0 Å². The summed E-state index contributed by atoms with van der Waals surface area (Å²) in [6.07, 6.45) is 3.23. The van der Waals surface area contributed by atoms with Crippen molar-refractivity contribution in [2.45, 2.75) is 32.4 Å². The summed E-state index contributed by atoms with van der Waals surface area (Å²) in [6, 6.07) is 7.32. The predicted molar refractivity (Wildman–Crippen MR) is 85.9 cm³/mol. The van der Waals surface area contributed by atoms with Crippen molar-refractivity contribution in [2.24, 2.45) is 0 Å². The van der Waals surface area contributed by atoms with Crippen LogP contribution < -0.4 is 15.8 Å². The van der Waals surface area contributed by atoms with Gasteiger partial charge in [-0.05, 0) is 56.8 Å². The Morgan fingerprint density at radius 2 is 1.90 bits per heavy atom. The zero-order valence-corrected chi connectivity index (χ0v) is 13.7. The summed E-state index contributed by atoms with van der Waals surface area (Å²) in [6.45, 7) is 5.43. The second kappa shape index (κ2) is 8.19. The first-order valence-corrected chi connectivity index (χ1v) is 10.2. The molecule has 0 aliphatic heterocycles. The molecule has 0 saturated heterocycles. The SMILES string of the molecule is CNCCCCCNC(=O)c1cccc([Si](C)(C)O)c1. The molecule has 0 spiro atoms. The monoisotopic (exact) mass is 294 g/mol. The molecule has 4 nitrogen and oxygen atoms in total. The van der Waals surface area contributed by atoms with E-state index in [1.807, 2.05) is 38.3 Å². The third-order valence-corrected chi connectivity index (χ3v) is 4.94. The van der Waals surface area contributed by atoms with Crippen LogP contribution in [0.2, 0.25) is 13.1 Å². The Balaban J connectivity index is 2.44. The van der Waals surface area contributed by atoms with Crippen LogP contribution in [0.5, 0.6) is 0 Å². The van der Waals surface area contributed by atoms with Crippen LogP contribution in [0.4, 0.5) is 0 Å². The summed E-state index contributed by atoms with van der Waals surface area (Å²) in [4.78, 5) is 22.1. The fraction of sp³-hybridized carbons (Fsp3) is 0.533. The average Bonchev–Trinajstić information content (AvgIpc) is 2.41. The summed E-state index contributed by atoms with van der Waals surface area (Å²) in [5.41, 5.74) is 0.632. The van der Waals surface area contributed by atoms with E-state index in [1.54, 1.807) is 6.07 Å². The molecule has 0 heterocycles. The maximum atomic E-state index is 12.0. The third-order valence-electron chi connectivity index (χ3n) is 3.22. The Bertz CT molecular complexity index is 430. The quantitative estimate of drug-likeness (QED) is 0.499. The van der Waals surface area contributed by atoms with Gasteiger partial charge in [-0.2, -0.15) is 0 Å². The zero-order chi connectivity index (χ0) is 15.0. The third kappa shape index (κ3) is 5.86. The number of carbonyl (C=O) groups is 1. The van der Waals surface area contributed by atoms with E-state index in [9.17, 15) is 9.59 Å². The smallest absolute Gasteiger partial charge is 0.251 e. The topological polar surface area (TPSA) is 61.4 Å². The normalized spacial score (nSPS) is 11.4. The summed E-state index contributed by atoms with van der Waals surface area (Å²) in [5.74, 6) is -0.0567. The predicted octanol–water partition coefficient (Wildman–Crippen LogP) is 1.21. The molecule has 0 atom stereocenters. The fourth-order valence-corrected chi connectivity index (χ4v) is 2.96. The molecule has 0 fully saturated rings. The van der Waals surface area contributed by atoms with Crippen molar-refractivity contribution < 1.29 is 9.59 Å². The number of amides is 1. The fourth-order valence-electron chi connectivity index (χ4n) is 1.95. The van der Waals surface area contributed by atoms with Gasteiger partial charge in [-0.25, -0.2) is 0 Å². The second-order valence-corrected chi connectivity index (χ2v) is 9.26. The van der Waals surface area contributed by atoms with Crippen molar-refractivity contribution in [3.8, 4) is 0 Å². The van der Waals surface area contributed by atoms with E-state index >= 15 is 0 Å². The Morgan fingerprint density at radius 3 is 2.55 bits per heavy atom. The molecule has 0 unspecified atom stereocenters. The molecule has 0 aromatic heterocycles. The first-order valence-electron chi connectivity index (χ1n) is 7.21. The van der Waals surface area contributed by atoms with E-state index in [4.69, 9.17) is 0 Å². The Kier molecular flexibility index (Phi) is 6.91. The molecule has 0 radical (unpaired) electrons. The van der Waals surface area contributed by atoms with Crippen LogP contribution in [-0.4, -0.2) is 39.2 Å². The number of hydrogen-bond donors (Lipinski definition) is 3. The minimum Gasteiger partial charge on any atom is -0.428 e. The molecule has 5 heteroatoms. The minimum absolute atomic E-state index is 0.0567. The molecular formula is C15H26N2O2Si. The van der Waals surface area contributed by atoms with Crippen LogP contribution in [0.1, 0.15) is 29.6 Å². The second-order valence-electron chi connectivity index (χ2n) is 5.56. The molecule has 20 heavy (non-hydrogen) atoms. The Hall–Kier alpha value is -1.17. The highest BCUT2D eigenvalue weighted by molar-refractivity contribution is 6.83. The van der Waals surface area contributed by atoms with Gasteiger partial charge >= 0.3 is 0 Å². The van der Waals surface area contributed by atoms with Crippen molar-refractivity contribution in [3.05, 3.63) is 29.8 Å². The van der Waals surface area contributed by atoms with Gasteiger partial charge in [-0.15, -0.1) is 0 Å². The van der Waals surface area contributed by atoms with Gasteiger partial charge < -0.3 is 15.4 Å². The first-order chi connectivity index (χ1) is 9.45. The number of benzene rings is 1. The van der Waals surface area contributed by atoms with Crippen molar-refractivity contribution >= 4 is 19.4 Å². The highest BCUT2D eigenvalue weighted by Gasteiger charge is 2.20. The molecule has 0 bridgehead atoms. The van der Waals surface area contributed by atoms with Gasteiger partial charge in [0.25, 0.3) is 5.91 Å². The van der Waals surface area contributed by atoms with E-state index in [0.29, 0.717) is 12.1 Å². The molecule has 1 aromatic carbocycles. The van der Waals surface area contributed by atoms with Crippen molar-refractivity contribution in [1.82, 2.24) is 10.6 Å². The summed E-state index contributed by atoms with van der Waals surface area (Å²) in [5, 5.41) is 6.92. The number of carbonyl (C=O) groups excluding carboxylic acids is 1. The highest BCUT2D eigenvalue weighted by atomic mass is 28.4. The van der Waals surface area contributed by atoms with Crippen LogP contribution in [0.25, 0.3) is 0 Å². The van der Waals surface area contributed by atoms with Crippen LogP contribution in [0, 0.1) is 0 Å². The van der Waals surface area contributed by atoms with Gasteiger partial charge in [-0.3, -0.25) is 4.79 Å². The molecule has 3 N–H and O–H groups in total. The Labute approximate surface area is 122 Å². The van der Waals surface area contributed by atoms with Gasteiger partial charge in [-0.1, -0.05) is 18.6 Å². The van der Waals surface area contributed by atoms with Gasteiger partial charge in [0, 0.05) is 12.1 Å². The van der Waals surface area contributed by atoms with E-state index in [2.05, 4.69) is 10.6 Å². The lowest BCUT2D eigenvalue weighted by Crippen LogP contribution is -2.42. The minimum atomic E-state index is -2.35. The van der Waals surface area contributed by atoms with E-state index < -0.39 is 8.32 Å².